The number of allylic oxidation sites excluding steroid dienone is 6. The average molecular weight is 1290 g/mol. The lowest BCUT2D eigenvalue weighted by atomic mass is 9.42. The van der Waals surface area contributed by atoms with E-state index in [1.807, 2.05) is 36.4 Å². The van der Waals surface area contributed by atoms with Crippen LogP contribution in [-0.2, 0) is 29.0 Å². The Labute approximate surface area is 545 Å². The van der Waals surface area contributed by atoms with Gasteiger partial charge in [0.05, 0.1) is 36.4 Å². The van der Waals surface area contributed by atoms with E-state index in [0.29, 0.717) is 60.9 Å². The van der Waals surface area contributed by atoms with Crippen molar-refractivity contribution in [3.63, 3.8) is 0 Å². The second-order valence-electron chi connectivity index (χ2n) is 31.9. The van der Waals surface area contributed by atoms with Gasteiger partial charge in [-0.15, -0.1) is 0 Å². The molecular weight excluding hydrogens is 1200 g/mol. The number of phenolic OH excluding ortho intramolecular Hbond substituents is 1. The Kier molecular flexibility index (Phi) is 14.0. The maximum absolute atomic E-state index is 16.5. The van der Waals surface area contributed by atoms with Crippen LogP contribution in [0, 0.1) is 79.8 Å². The molecule has 4 aliphatic heterocycles. The molecule has 488 valence electrons. The van der Waals surface area contributed by atoms with Gasteiger partial charge in [0.25, 0.3) is 0 Å². The predicted octanol–water partition coefficient (Wildman–Crippen LogP) is 10.0. The second kappa shape index (κ2) is 21.3. The van der Waals surface area contributed by atoms with E-state index in [2.05, 4.69) is 22.8 Å². The molecule has 11 aliphatic carbocycles. The number of ketones is 2. The SMILES string of the molecule is O=C[C@@H]1C[C@]2(CC[C@@]3(C[C@H](Cc4cccc(O)c4)CC34CCCC4)C2)C[C@]12C[C@H]1C[C@H]3C[C@@H]4[C@@H]5CC[C@@]67Oc8cccc9c8C(=O)[C@@]8(C(O)=CC(Cc%10cccc(CO)c%10)=C[C@@H]8C9=O)[C@H](CCCO)SSCNC8=CC(=C3CN8)[C@@]1(C2)[C@H]4[C@](O)([C@H](O)[C@@]5(CO)O6)[C@H]7O. The van der Waals surface area contributed by atoms with Gasteiger partial charge >= 0.3 is 0 Å². The topological polar surface area (TPSA) is 256 Å². The molecule has 0 radical (unpaired) electrons. The quantitative estimate of drug-likeness (QED) is 0.0669. The van der Waals surface area contributed by atoms with Crippen LogP contribution in [0.3, 0.4) is 0 Å². The van der Waals surface area contributed by atoms with Crippen molar-refractivity contribution in [1.29, 1.82) is 0 Å². The van der Waals surface area contributed by atoms with E-state index >= 15 is 9.59 Å². The summed E-state index contributed by atoms with van der Waals surface area (Å²) in [6.07, 6.45) is 20.4. The number of carbonyl (C=O) groups excluding carboxylic acids is 3. The summed E-state index contributed by atoms with van der Waals surface area (Å²) < 4.78 is 14.5. The molecule has 3 aromatic rings. The van der Waals surface area contributed by atoms with E-state index in [4.69, 9.17) is 9.47 Å². The van der Waals surface area contributed by atoms with E-state index in [9.17, 15) is 45.6 Å². The van der Waals surface area contributed by atoms with Crippen LogP contribution in [0.1, 0.15) is 159 Å². The van der Waals surface area contributed by atoms with Crippen LogP contribution >= 0.6 is 21.6 Å². The number of aromatic hydroxyl groups is 1. The second-order valence-corrected chi connectivity index (χ2v) is 34.4. The zero-order valence-electron chi connectivity index (χ0n) is 52.3. The highest BCUT2D eigenvalue weighted by Gasteiger charge is 2.85. The van der Waals surface area contributed by atoms with Gasteiger partial charge < -0.3 is 65.8 Å². The van der Waals surface area contributed by atoms with Crippen molar-refractivity contribution in [3.05, 3.63) is 141 Å². The van der Waals surface area contributed by atoms with Crippen molar-refractivity contribution >= 4 is 39.4 Å². The van der Waals surface area contributed by atoms with Crippen LogP contribution in [-0.4, -0.2) is 119 Å². The summed E-state index contributed by atoms with van der Waals surface area (Å²) in [4.78, 5) is 46.7. The van der Waals surface area contributed by atoms with Crippen LogP contribution in [0.25, 0.3) is 0 Å². The van der Waals surface area contributed by atoms with Gasteiger partial charge in [-0.05, 0) is 231 Å². The molecule has 7 saturated carbocycles. The molecule has 0 amide bonds. The molecule has 92 heavy (non-hydrogen) atoms. The standard InChI is InChI=1S/C75H88N2O13S2/c78-20-6-13-59-74-56(25-45(26-58(74)83)22-42-7-3-9-44(21-42)35-79)62(84)51-11-5-12-57(61(51)64(74)85)89-73-17-14-54-52-28-47-27-48-33-68(37-67(32-49(68)36-80)18-19-70(38-67)31-46(30-69(70)15-1-2-16-69)23-43-8-4-10-50(82)24-43)39-71(48,55-29-60(76-34-53(47)55)77-41-91-92-59)63(52)75(88,66(73)87)65(86)72(54,40-81)90-73/h3-5,7-12,21,24-26,29,36,46-49,52,54,56,59,63,65-66,76-79,81-83,86-88H,1-2,6,13-20,22-23,27-28,30-35,37-41H2/t46-,47+,48-,49+,52-,54+,56-,59+,63+,65-,66+,67-,68+,70-,71+,72+,73-,74+,75+/m1/s1. The maximum Gasteiger partial charge on any atom is 0.240 e. The molecule has 3 aromatic carbocycles. The molecule has 18 rings (SSSR count). The molecule has 15 aliphatic rings. The Morgan fingerprint density at radius 2 is 1.61 bits per heavy atom. The molecule has 9 fully saturated rings. The van der Waals surface area contributed by atoms with Crippen molar-refractivity contribution in [2.24, 2.45) is 79.8 Å². The zero-order chi connectivity index (χ0) is 63.2. The van der Waals surface area contributed by atoms with Gasteiger partial charge in [0.2, 0.25) is 5.79 Å². The first-order chi connectivity index (χ1) is 44.4. The number of rotatable bonds is 10. The van der Waals surface area contributed by atoms with Crippen molar-refractivity contribution in [1.82, 2.24) is 10.6 Å². The van der Waals surface area contributed by atoms with E-state index in [1.165, 1.54) is 71.1 Å². The Morgan fingerprint density at radius 1 is 0.804 bits per heavy atom. The van der Waals surface area contributed by atoms with Crippen molar-refractivity contribution < 1.29 is 64.7 Å². The number of benzene rings is 3. The fraction of sp³-hybridized carbons (Fsp3) is 0.613. The third kappa shape index (κ3) is 8.12. The first-order valence-corrected chi connectivity index (χ1v) is 37.0. The van der Waals surface area contributed by atoms with Crippen molar-refractivity contribution in [2.75, 3.05) is 25.6 Å². The van der Waals surface area contributed by atoms with E-state index in [0.717, 1.165) is 74.7 Å². The molecule has 10 N–H and O–H groups in total. The fourth-order valence-electron chi connectivity index (χ4n) is 25.2. The molecular formula is C75H88N2O13S2. The molecule has 7 spiro atoms. The normalized spacial score (nSPS) is 43.8. The Bertz CT molecular complexity index is 3730. The number of aliphatic hydroxyl groups excluding tert-OH is 6. The minimum Gasteiger partial charge on any atom is -0.511 e. The number of fused-ring (bicyclic) bond motifs is 1. The third-order valence-corrected chi connectivity index (χ3v) is 30.7. The molecule has 0 aromatic heterocycles. The predicted molar refractivity (Wildman–Crippen MR) is 346 cm³/mol. The van der Waals surface area contributed by atoms with Gasteiger partial charge in [-0.2, -0.15) is 0 Å². The van der Waals surface area contributed by atoms with Gasteiger partial charge in [-0.25, -0.2) is 0 Å². The zero-order valence-corrected chi connectivity index (χ0v) is 54.0. The van der Waals surface area contributed by atoms with Crippen LogP contribution in [0.15, 0.2) is 113 Å². The lowest BCUT2D eigenvalue weighted by Crippen LogP contribution is -2.88. The Hall–Kier alpha value is -4.95. The summed E-state index contributed by atoms with van der Waals surface area (Å²) >= 11 is 0. The number of nitrogens with one attached hydrogen (secondary N) is 2. The number of dihydropyridines is 1. The number of carbonyl (C=O) groups is 3. The molecule has 2 saturated heterocycles. The summed E-state index contributed by atoms with van der Waals surface area (Å²) in [5, 5.41) is 105. The molecule has 15 nitrogen and oxygen atoms in total. The highest BCUT2D eigenvalue weighted by molar-refractivity contribution is 8.76. The lowest BCUT2D eigenvalue weighted by molar-refractivity contribution is -0.461. The Morgan fingerprint density at radius 3 is 2.41 bits per heavy atom. The fourth-order valence-corrected chi connectivity index (χ4v) is 28.0. The minimum absolute atomic E-state index is 0.0140. The van der Waals surface area contributed by atoms with E-state index < -0.39 is 86.6 Å². The maximum atomic E-state index is 16.5. The molecule has 4 heterocycles. The van der Waals surface area contributed by atoms with Crippen molar-refractivity contribution in [3.8, 4) is 11.5 Å². The summed E-state index contributed by atoms with van der Waals surface area (Å²) in [6.45, 7) is -0.548. The molecule has 19 atom stereocenters. The number of hydrogen-bond acceptors (Lipinski definition) is 17. The molecule has 0 unspecified atom stereocenters. The van der Waals surface area contributed by atoms with E-state index in [-0.39, 0.29) is 95.0 Å². The van der Waals surface area contributed by atoms with Gasteiger partial charge in [0.15, 0.2) is 17.7 Å². The number of aliphatic hydroxyl groups is 7. The lowest BCUT2D eigenvalue weighted by Gasteiger charge is -2.72. The monoisotopic (exact) mass is 1290 g/mol. The van der Waals surface area contributed by atoms with Crippen LogP contribution in [0.2, 0.25) is 0 Å². The van der Waals surface area contributed by atoms with Crippen molar-refractivity contribution in [2.45, 2.75) is 176 Å². The van der Waals surface area contributed by atoms with Gasteiger partial charge in [-0.1, -0.05) is 89.0 Å². The summed E-state index contributed by atoms with van der Waals surface area (Å²) in [7, 11) is 2.85. The minimum atomic E-state index is -2.39. The number of ether oxygens (including phenoxy) is 2. The van der Waals surface area contributed by atoms with Crippen LogP contribution in [0.4, 0.5) is 0 Å². The first kappa shape index (κ1) is 60.7. The molecule has 10 bridgehead atoms. The summed E-state index contributed by atoms with van der Waals surface area (Å²) in [6, 6.07) is 20.0. The number of phenols is 1. The Balaban J connectivity index is 0.793. The van der Waals surface area contributed by atoms with Gasteiger partial charge in [0.1, 0.15) is 46.3 Å². The van der Waals surface area contributed by atoms with E-state index in [1.54, 1.807) is 36.4 Å². The summed E-state index contributed by atoms with van der Waals surface area (Å²) in [5.41, 5.74) is -1.42. The average Bonchev–Trinajstić information content (AvgIpc) is 1.31. The first-order valence-electron chi connectivity index (χ1n) is 34.6. The van der Waals surface area contributed by atoms with Gasteiger partial charge in [-0.3, -0.25) is 9.59 Å². The highest BCUT2D eigenvalue weighted by atomic mass is 33.1. The summed E-state index contributed by atoms with van der Waals surface area (Å²) in [5.74, 6) is -4.75. The number of hydrogen-bond donors (Lipinski definition) is 10. The van der Waals surface area contributed by atoms with Crippen LogP contribution < -0.4 is 15.4 Å². The highest BCUT2D eigenvalue weighted by Crippen LogP contribution is 2.83. The molecule has 17 heteroatoms. The largest absolute Gasteiger partial charge is 0.511 e. The number of aldehydes is 1. The smallest absolute Gasteiger partial charge is 0.240 e. The number of Topliss-reactive ketones (excluding diaryl/α,β-unsaturated/α-hetero) is 2. The third-order valence-electron chi connectivity index (χ3n) is 28.0. The van der Waals surface area contributed by atoms with Gasteiger partial charge in [0, 0.05) is 47.6 Å². The van der Waals surface area contributed by atoms with Crippen LogP contribution in [0.5, 0.6) is 11.5 Å².